The summed E-state index contributed by atoms with van der Waals surface area (Å²) in [5, 5.41) is 5.97. The van der Waals surface area contributed by atoms with Gasteiger partial charge in [-0.2, -0.15) is 0 Å². The van der Waals surface area contributed by atoms with Gasteiger partial charge >= 0.3 is 0 Å². The lowest BCUT2D eigenvalue weighted by molar-refractivity contribution is 0.0953. The number of halogens is 2. The minimum atomic E-state index is -0.119. The number of carbonyl (C=O) groups is 1. The number of fused-ring (bicyclic) bond motifs is 1. The van der Waals surface area contributed by atoms with Gasteiger partial charge in [0.05, 0.1) is 4.47 Å². The van der Waals surface area contributed by atoms with Crippen LogP contribution < -0.4 is 20.1 Å². The Labute approximate surface area is 126 Å². The Morgan fingerprint density at radius 3 is 2.89 bits per heavy atom. The quantitative estimate of drug-likeness (QED) is 0.796. The molecular formula is C12H16BrClN2O3. The number of hydrogen-bond donors (Lipinski definition) is 2. The highest BCUT2D eigenvalue weighted by molar-refractivity contribution is 9.10. The summed E-state index contributed by atoms with van der Waals surface area (Å²) in [5.41, 5.74) is 0.558. The molecule has 0 spiro atoms. The molecule has 19 heavy (non-hydrogen) atoms. The number of nitrogens with one attached hydrogen (secondary N) is 2. The molecule has 1 aliphatic rings. The molecule has 0 saturated carbocycles. The summed E-state index contributed by atoms with van der Waals surface area (Å²) in [6, 6.07) is 3.42. The highest BCUT2D eigenvalue weighted by Crippen LogP contribution is 2.39. The third-order valence-electron chi connectivity index (χ3n) is 2.53. The molecule has 0 radical (unpaired) electrons. The van der Waals surface area contributed by atoms with E-state index in [2.05, 4.69) is 26.6 Å². The van der Waals surface area contributed by atoms with Crippen molar-refractivity contribution in [2.45, 2.75) is 6.92 Å². The van der Waals surface area contributed by atoms with E-state index >= 15 is 0 Å². The molecule has 0 aromatic heterocycles. The van der Waals surface area contributed by atoms with Crippen molar-refractivity contribution in [3.05, 3.63) is 22.2 Å². The third kappa shape index (κ3) is 3.99. The van der Waals surface area contributed by atoms with Crippen molar-refractivity contribution in [3.8, 4) is 11.5 Å². The smallest absolute Gasteiger partial charge is 0.251 e. The van der Waals surface area contributed by atoms with Gasteiger partial charge in [-0.25, -0.2) is 0 Å². The van der Waals surface area contributed by atoms with E-state index in [1.165, 1.54) is 0 Å². The molecule has 2 N–H and O–H groups in total. The Hall–Kier alpha value is -0.980. The van der Waals surface area contributed by atoms with Gasteiger partial charge in [-0.3, -0.25) is 4.79 Å². The minimum Gasteiger partial charge on any atom is -0.454 e. The average Bonchev–Trinajstić information content (AvgIpc) is 2.83. The predicted octanol–water partition coefficient (Wildman–Crippen LogP) is 1.94. The van der Waals surface area contributed by atoms with E-state index in [4.69, 9.17) is 9.47 Å². The summed E-state index contributed by atoms with van der Waals surface area (Å²) in [5.74, 6) is 1.13. The van der Waals surface area contributed by atoms with Crippen LogP contribution in [0.3, 0.4) is 0 Å². The molecule has 0 aliphatic carbocycles. The van der Waals surface area contributed by atoms with E-state index < -0.39 is 0 Å². The number of carbonyl (C=O) groups excluding carboxylic acids is 1. The summed E-state index contributed by atoms with van der Waals surface area (Å²) >= 11 is 3.36. The van der Waals surface area contributed by atoms with Crippen LogP contribution in [0.4, 0.5) is 0 Å². The molecule has 1 aromatic rings. The number of ether oxygens (including phenoxy) is 2. The molecule has 2 rings (SSSR count). The van der Waals surface area contributed by atoms with Crippen LogP contribution in [0.25, 0.3) is 0 Å². The van der Waals surface area contributed by atoms with Crippen LogP contribution >= 0.6 is 28.3 Å². The van der Waals surface area contributed by atoms with Gasteiger partial charge in [-0.1, -0.05) is 6.92 Å². The molecule has 7 heteroatoms. The van der Waals surface area contributed by atoms with Crippen LogP contribution in [0.1, 0.15) is 17.3 Å². The lowest BCUT2D eigenvalue weighted by Crippen LogP contribution is -2.31. The largest absolute Gasteiger partial charge is 0.454 e. The molecule has 0 fully saturated rings. The van der Waals surface area contributed by atoms with E-state index in [0.717, 1.165) is 17.6 Å². The molecule has 106 valence electrons. The summed E-state index contributed by atoms with van der Waals surface area (Å²) < 4.78 is 11.3. The van der Waals surface area contributed by atoms with Crippen molar-refractivity contribution in [1.29, 1.82) is 0 Å². The number of hydrogen-bond acceptors (Lipinski definition) is 4. The van der Waals surface area contributed by atoms with Gasteiger partial charge in [0.2, 0.25) is 6.79 Å². The summed E-state index contributed by atoms with van der Waals surface area (Å²) in [4.78, 5) is 11.9. The number of rotatable bonds is 5. The molecule has 1 aliphatic heterocycles. The fraction of sp³-hybridized carbons (Fsp3) is 0.417. The Balaban J connectivity index is 0.00000180. The summed E-state index contributed by atoms with van der Waals surface area (Å²) in [7, 11) is 0. The number of amides is 1. The molecular weight excluding hydrogens is 336 g/mol. The Kier molecular flexibility index (Phi) is 6.41. The topological polar surface area (TPSA) is 59.6 Å². The zero-order valence-electron chi connectivity index (χ0n) is 10.5. The van der Waals surface area contributed by atoms with Crippen molar-refractivity contribution in [3.63, 3.8) is 0 Å². The van der Waals surface area contributed by atoms with Gasteiger partial charge < -0.3 is 20.1 Å². The van der Waals surface area contributed by atoms with E-state index in [1.54, 1.807) is 12.1 Å². The van der Waals surface area contributed by atoms with Crippen LogP contribution in [0, 0.1) is 0 Å². The highest BCUT2D eigenvalue weighted by atomic mass is 79.9. The highest BCUT2D eigenvalue weighted by Gasteiger charge is 2.20. The number of likely N-dealkylation sites (N-methyl/N-ethyl adjacent to an activating group) is 1. The van der Waals surface area contributed by atoms with E-state index in [0.29, 0.717) is 23.6 Å². The predicted molar refractivity (Wildman–Crippen MR) is 78.4 cm³/mol. The maximum absolute atomic E-state index is 11.9. The lowest BCUT2D eigenvalue weighted by Gasteiger charge is -2.07. The van der Waals surface area contributed by atoms with Gasteiger partial charge in [0.1, 0.15) is 0 Å². The zero-order valence-corrected chi connectivity index (χ0v) is 12.9. The van der Waals surface area contributed by atoms with Gasteiger partial charge in [-0.05, 0) is 34.6 Å². The maximum atomic E-state index is 11.9. The maximum Gasteiger partial charge on any atom is 0.251 e. The Bertz CT molecular complexity index is 457. The second-order valence-electron chi connectivity index (χ2n) is 3.80. The van der Waals surface area contributed by atoms with Gasteiger partial charge in [0.15, 0.2) is 11.5 Å². The average molecular weight is 352 g/mol. The fourth-order valence-corrected chi connectivity index (χ4v) is 2.20. The number of benzene rings is 1. The first-order valence-electron chi connectivity index (χ1n) is 5.80. The molecule has 5 nitrogen and oxygen atoms in total. The van der Waals surface area contributed by atoms with Crippen LogP contribution in [-0.4, -0.2) is 32.3 Å². The van der Waals surface area contributed by atoms with Gasteiger partial charge in [0.25, 0.3) is 5.91 Å². The molecule has 1 heterocycles. The molecule has 0 atom stereocenters. The standard InChI is InChI=1S/C12H15BrN2O3.ClH/c1-2-14-3-4-15-12(16)8-5-9(13)11-10(6-8)17-7-18-11;/h5-6,14H,2-4,7H2,1H3,(H,15,16);1H. The molecule has 1 aromatic carbocycles. The van der Waals surface area contributed by atoms with Crippen molar-refractivity contribution >= 4 is 34.2 Å². The second-order valence-corrected chi connectivity index (χ2v) is 4.66. The zero-order chi connectivity index (χ0) is 13.0. The summed E-state index contributed by atoms with van der Waals surface area (Å²) in [6.45, 7) is 4.47. The van der Waals surface area contributed by atoms with Crippen LogP contribution in [0.2, 0.25) is 0 Å². The first-order chi connectivity index (χ1) is 8.72. The van der Waals surface area contributed by atoms with Gasteiger partial charge in [0, 0.05) is 18.7 Å². The first-order valence-corrected chi connectivity index (χ1v) is 6.59. The van der Waals surface area contributed by atoms with Crippen molar-refractivity contribution < 1.29 is 14.3 Å². The monoisotopic (exact) mass is 350 g/mol. The van der Waals surface area contributed by atoms with Crippen molar-refractivity contribution in [2.75, 3.05) is 26.4 Å². The van der Waals surface area contributed by atoms with Crippen molar-refractivity contribution in [2.24, 2.45) is 0 Å². The SMILES string of the molecule is CCNCCNC(=O)c1cc(Br)c2c(c1)OCO2.Cl. The van der Waals surface area contributed by atoms with E-state index in [1.807, 2.05) is 6.92 Å². The van der Waals surface area contributed by atoms with Crippen LogP contribution in [0.15, 0.2) is 16.6 Å². The van der Waals surface area contributed by atoms with Crippen LogP contribution in [0.5, 0.6) is 11.5 Å². The Morgan fingerprint density at radius 2 is 2.16 bits per heavy atom. The molecule has 0 saturated heterocycles. The minimum absolute atomic E-state index is 0. The van der Waals surface area contributed by atoms with Gasteiger partial charge in [-0.15, -0.1) is 12.4 Å². The molecule has 0 unspecified atom stereocenters. The second kappa shape index (κ2) is 7.57. The first kappa shape index (κ1) is 16.1. The van der Waals surface area contributed by atoms with Crippen molar-refractivity contribution in [1.82, 2.24) is 10.6 Å². The molecule has 0 bridgehead atoms. The normalized spacial score (nSPS) is 11.9. The van der Waals surface area contributed by atoms with E-state index in [9.17, 15) is 4.79 Å². The third-order valence-corrected chi connectivity index (χ3v) is 3.12. The summed E-state index contributed by atoms with van der Waals surface area (Å²) in [6.07, 6.45) is 0. The lowest BCUT2D eigenvalue weighted by atomic mass is 10.2. The Morgan fingerprint density at radius 1 is 1.37 bits per heavy atom. The fourth-order valence-electron chi connectivity index (χ4n) is 1.64. The molecule has 1 amide bonds. The van der Waals surface area contributed by atoms with E-state index in [-0.39, 0.29) is 25.1 Å². The van der Waals surface area contributed by atoms with Crippen LogP contribution in [-0.2, 0) is 0 Å².